The van der Waals surface area contributed by atoms with E-state index in [4.69, 9.17) is 16.2 Å². The zero-order valence-electron chi connectivity index (χ0n) is 10.2. The van der Waals surface area contributed by atoms with Gasteiger partial charge in [-0.05, 0) is 19.1 Å². The molecule has 0 saturated heterocycles. The molecule has 4 N–H and O–H groups in total. The van der Waals surface area contributed by atoms with E-state index in [0.717, 1.165) is 0 Å². The van der Waals surface area contributed by atoms with Crippen LogP contribution in [0.15, 0.2) is 24.3 Å². The third-order valence-electron chi connectivity index (χ3n) is 2.61. The topological polar surface area (TPSA) is 96.2 Å². The molecule has 6 heteroatoms. The summed E-state index contributed by atoms with van der Waals surface area (Å²) in [6.07, 6.45) is 0. The molecule has 0 atom stereocenters. The lowest BCUT2D eigenvalue weighted by molar-refractivity contribution is 0.101. The molecule has 2 rings (SSSR count). The number of nitrogens with two attached hydrogens (primary N) is 2. The predicted octanol–water partition coefficient (Wildman–Crippen LogP) is 1.25. The van der Waals surface area contributed by atoms with Crippen molar-refractivity contribution in [1.29, 1.82) is 0 Å². The van der Waals surface area contributed by atoms with Gasteiger partial charge < -0.3 is 16.2 Å². The molecule has 2 aromatic rings. The van der Waals surface area contributed by atoms with E-state index in [1.165, 1.54) is 11.6 Å². The Morgan fingerprint density at radius 1 is 1.33 bits per heavy atom. The van der Waals surface area contributed by atoms with Crippen molar-refractivity contribution in [3.63, 3.8) is 0 Å². The number of carbonyl (C=O) groups excluding carboxylic acids is 1. The molecule has 1 heterocycles. The number of ketones is 1. The van der Waals surface area contributed by atoms with Gasteiger partial charge in [-0.15, -0.1) is 5.10 Å². The SMILES string of the molecule is COc1ccccc1-n1nc(N)c(C(C)=O)c1N. The van der Waals surface area contributed by atoms with Crippen LogP contribution in [0.3, 0.4) is 0 Å². The highest BCUT2D eigenvalue weighted by atomic mass is 16.5. The Labute approximate surface area is 104 Å². The number of nitrogen functional groups attached to an aromatic ring is 2. The first kappa shape index (κ1) is 12.0. The molecule has 94 valence electrons. The average Bonchev–Trinajstić information content (AvgIpc) is 2.64. The third kappa shape index (κ3) is 1.77. The van der Waals surface area contributed by atoms with Gasteiger partial charge in [0, 0.05) is 0 Å². The second-order valence-electron chi connectivity index (χ2n) is 3.79. The number of hydrogen-bond acceptors (Lipinski definition) is 5. The molecule has 0 amide bonds. The number of hydrogen-bond donors (Lipinski definition) is 2. The second-order valence-corrected chi connectivity index (χ2v) is 3.79. The van der Waals surface area contributed by atoms with Crippen LogP contribution in [0.25, 0.3) is 5.69 Å². The number of carbonyl (C=O) groups is 1. The van der Waals surface area contributed by atoms with Crippen LogP contribution in [0.5, 0.6) is 5.75 Å². The Kier molecular flexibility index (Phi) is 2.93. The van der Waals surface area contributed by atoms with Gasteiger partial charge in [0.25, 0.3) is 0 Å². The zero-order chi connectivity index (χ0) is 13.3. The lowest BCUT2D eigenvalue weighted by atomic mass is 10.2. The molecule has 0 saturated carbocycles. The fourth-order valence-electron chi connectivity index (χ4n) is 1.80. The van der Waals surface area contributed by atoms with E-state index >= 15 is 0 Å². The van der Waals surface area contributed by atoms with E-state index in [9.17, 15) is 4.79 Å². The van der Waals surface area contributed by atoms with Crippen LogP contribution in [0.2, 0.25) is 0 Å². The highest BCUT2D eigenvalue weighted by Gasteiger charge is 2.19. The van der Waals surface area contributed by atoms with Crippen molar-refractivity contribution < 1.29 is 9.53 Å². The number of Topliss-reactive ketones (excluding diaryl/α,β-unsaturated/α-hetero) is 1. The summed E-state index contributed by atoms with van der Waals surface area (Å²) >= 11 is 0. The molecule has 1 aromatic heterocycles. The van der Waals surface area contributed by atoms with Crippen molar-refractivity contribution in [2.75, 3.05) is 18.6 Å². The number of nitrogens with zero attached hydrogens (tertiary/aromatic N) is 2. The van der Waals surface area contributed by atoms with Crippen molar-refractivity contribution in [1.82, 2.24) is 9.78 Å². The molecule has 0 bridgehead atoms. The molecule has 1 aromatic carbocycles. The Morgan fingerprint density at radius 2 is 2.00 bits per heavy atom. The van der Waals surface area contributed by atoms with E-state index in [1.807, 2.05) is 12.1 Å². The van der Waals surface area contributed by atoms with Crippen LogP contribution in [-0.2, 0) is 0 Å². The van der Waals surface area contributed by atoms with Crippen molar-refractivity contribution in [3.05, 3.63) is 29.8 Å². The van der Waals surface area contributed by atoms with Crippen LogP contribution >= 0.6 is 0 Å². The van der Waals surface area contributed by atoms with Gasteiger partial charge >= 0.3 is 0 Å². The molecule has 0 unspecified atom stereocenters. The Balaban J connectivity index is 2.65. The average molecular weight is 246 g/mol. The molecular formula is C12H14N4O2. The second kappa shape index (κ2) is 4.40. The number of aromatic nitrogens is 2. The molecule has 0 aliphatic heterocycles. The van der Waals surface area contributed by atoms with Crippen molar-refractivity contribution in [2.24, 2.45) is 0 Å². The summed E-state index contributed by atoms with van der Waals surface area (Å²) < 4.78 is 6.63. The van der Waals surface area contributed by atoms with E-state index < -0.39 is 0 Å². The predicted molar refractivity (Wildman–Crippen MR) is 68.9 cm³/mol. The maximum Gasteiger partial charge on any atom is 0.167 e. The molecular weight excluding hydrogens is 232 g/mol. The van der Waals surface area contributed by atoms with Gasteiger partial charge in [0.1, 0.15) is 22.8 Å². The lowest BCUT2D eigenvalue weighted by Gasteiger charge is -2.09. The quantitative estimate of drug-likeness (QED) is 0.794. The molecule has 0 aliphatic carbocycles. The first-order chi connectivity index (χ1) is 8.56. The Hall–Kier alpha value is -2.50. The molecule has 18 heavy (non-hydrogen) atoms. The normalized spacial score (nSPS) is 10.3. The highest BCUT2D eigenvalue weighted by Crippen LogP contribution is 2.28. The summed E-state index contributed by atoms with van der Waals surface area (Å²) in [6.45, 7) is 1.40. The monoisotopic (exact) mass is 246 g/mol. The summed E-state index contributed by atoms with van der Waals surface area (Å²) in [6, 6.07) is 7.21. The minimum Gasteiger partial charge on any atom is -0.494 e. The number of anilines is 2. The van der Waals surface area contributed by atoms with Crippen LogP contribution < -0.4 is 16.2 Å². The summed E-state index contributed by atoms with van der Waals surface area (Å²) in [5, 5.41) is 4.08. The number of methoxy groups -OCH3 is 1. The van der Waals surface area contributed by atoms with Crippen LogP contribution in [0, 0.1) is 0 Å². The summed E-state index contributed by atoms with van der Waals surface area (Å²) in [4.78, 5) is 11.4. The third-order valence-corrected chi connectivity index (χ3v) is 2.61. The van der Waals surface area contributed by atoms with E-state index in [-0.39, 0.29) is 23.0 Å². The van der Waals surface area contributed by atoms with Gasteiger partial charge in [0.05, 0.1) is 7.11 Å². The Bertz CT molecular complexity index is 604. The van der Waals surface area contributed by atoms with Gasteiger partial charge in [0.2, 0.25) is 0 Å². The summed E-state index contributed by atoms with van der Waals surface area (Å²) in [5.41, 5.74) is 12.5. The molecule has 0 aliphatic rings. The van der Waals surface area contributed by atoms with Crippen LogP contribution in [-0.4, -0.2) is 22.7 Å². The zero-order valence-corrected chi connectivity index (χ0v) is 10.2. The largest absolute Gasteiger partial charge is 0.494 e. The maximum absolute atomic E-state index is 11.4. The van der Waals surface area contributed by atoms with Crippen LogP contribution in [0.1, 0.15) is 17.3 Å². The first-order valence-electron chi connectivity index (χ1n) is 5.34. The minimum atomic E-state index is -0.217. The highest BCUT2D eigenvalue weighted by molar-refractivity contribution is 6.03. The number of para-hydroxylation sites is 2. The van der Waals surface area contributed by atoms with Crippen LogP contribution in [0.4, 0.5) is 11.6 Å². The molecule has 0 spiro atoms. The van der Waals surface area contributed by atoms with Gasteiger partial charge in [-0.25, -0.2) is 4.68 Å². The van der Waals surface area contributed by atoms with Gasteiger partial charge in [-0.1, -0.05) is 12.1 Å². The van der Waals surface area contributed by atoms with Gasteiger partial charge in [-0.2, -0.15) is 0 Å². The summed E-state index contributed by atoms with van der Waals surface area (Å²) in [7, 11) is 1.55. The maximum atomic E-state index is 11.4. The fourth-order valence-corrected chi connectivity index (χ4v) is 1.80. The molecule has 0 fully saturated rings. The molecule has 6 nitrogen and oxygen atoms in total. The standard InChI is InChI=1S/C12H14N4O2/c1-7(17)10-11(13)15-16(12(10)14)8-5-3-4-6-9(8)18-2/h3-6H,14H2,1-2H3,(H2,13,15). The minimum absolute atomic E-state index is 0.117. The van der Waals surface area contributed by atoms with E-state index in [1.54, 1.807) is 19.2 Å². The smallest absolute Gasteiger partial charge is 0.167 e. The Morgan fingerprint density at radius 3 is 2.56 bits per heavy atom. The summed E-state index contributed by atoms with van der Waals surface area (Å²) in [5.74, 6) is 0.711. The lowest BCUT2D eigenvalue weighted by Crippen LogP contribution is -2.06. The number of benzene rings is 1. The number of ether oxygens (including phenoxy) is 1. The van der Waals surface area contributed by atoms with Crippen molar-refractivity contribution >= 4 is 17.4 Å². The van der Waals surface area contributed by atoms with Crippen molar-refractivity contribution in [3.8, 4) is 11.4 Å². The van der Waals surface area contributed by atoms with Gasteiger partial charge in [-0.3, -0.25) is 4.79 Å². The van der Waals surface area contributed by atoms with Gasteiger partial charge in [0.15, 0.2) is 11.6 Å². The molecule has 0 radical (unpaired) electrons. The number of rotatable bonds is 3. The fraction of sp³-hybridized carbons (Fsp3) is 0.167. The van der Waals surface area contributed by atoms with E-state index in [0.29, 0.717) is 11.4 Å². The first-order valence-corrected chi connectivity index (χ1v) is 5.34. The van der Waals surface area contributed by atoms with Crippen molar-refractivity contribution in [2.45, 2.75) is 6.92 Å². The van der Waals surface area contributed by atoms with E-state index in [2.05, 4.69) is 5.10 Å².